The van der Waals surface area contributed by atoms with Gasteiger partial charge < -0.3 is 5.32 Å². The zero-order valence-electron chi connectivity index (χ0n) is 16.3. The van der Waals surface area contributed by atoms with Crippen LogP contribution in [-0.2, 0) is 4.79 Å². The smallest absolute Gasteiger partial charge is 0.292 e. The minimum atomic E-state index is -0.506. The summed E-state index contributed by atoms with van der Waals surface area (Å²) in [7, 11) is 0. The van der Waals surface area contributed by atoms with Crippen molar-refractivity contribution in [2.24, 2.45) is 0 Å². The lowest BCUT2D eigenvalue weighted by Crippen LogP contribution is -2.31. The van der Waals surface area contributed by atoms with Crippen LogP contribution in [0.4, 0.5) is 11.4 Å². The molecule has 0 spiro atoms. The number of hydrogen-bond acceptors (Lipinski definition) is 5. The summed E-state index contributed by atoms with van der Waals surface area (Å²) in [6.07, 6.45) is 0. The topological polar surface area (TPSA) is 84.3 Å². The third-order valence-electron chi connectivity index (χ3n) is 4.61. The second-order valence-corrected chi connectivity index (χ2v) is 7.95. The van der Waals surface area contributed by atoms with Crippen molar-refractivity contribution in [3.63, 3.8) is 0 Å². The first kappa shape index (κ1) is 20.7. The molecule has 150 valence electrons. The summed E-state index contributed by atoms with van der Waals surface area (Å²) in [6, 6.07) is 18.4. The van der Waals surface area contributed by atoms with Gasteiger partial charge in [-0.15, -0.1) is 11.3 Å². The number of carbonyl (C=O) groups is 1. The van der Waals surface area contributed by atoms with Gasteiger partial charge >= 0.3 is 0 Å². The van der Waals surface area contributed by atoms with Crippen LogP contribution < -0.4 is 10.6 Å². The lowest BCUT2D eigenvalue weighted by atomic mass is 9.98. The molecule has 3 rings (SSSR count). The van der Waals surface area contributed by atoms with Crippen LogP contribution in [0.15, 0.2) is 66.0 Å². The van der Waals surface area contributed by atoms with E-state index >= 15 is 0 Å². The fraction of sp³-hybridized carbons (Fsp3) is 0.227. The SMILES string of the molecule is CC(C)c1ccc([C@@H](NCC(=O)Nc2ccccc2[N+](=O)[O-])c2cccs2)cc1. The van der Waals surface area contributed by atoms with Crippen LogP contribution in [0.25, 0.3) is 0 Å². The summed E-state index contributed by atoms with van der Waals surface area (Å²) in [5.41, 5.74) is 2.39. The molecule has 1 atom stereocenters. The van der Waals surface area contributed by atoms with Crippen molar-refractivity contribution in [3.8, 4) is 0 Å². The lowest BCUT2D eigenvalue weighted by molar-refractivity contribution is -0.383. The summed E-state index contributed by atoms with van der Waals surface area (Å²) >= 11 is 1.61. The zero-order valence-corrected chi connectivity index (χ0v) is 17.1. The van der Waals surface area contributed by atoms with E-state index in [-0.39, 0.29) is 29.9 Å². The number of nitrogens with zero attached hydrogens (tertiary/aromatic N) is 1. The summed E-state index contributed by atoms with van der Waals surface area (Å²) in [4.78, 5) is 24.2. The zero-order chi connectivity index (χ0) is 20.8. The van der Waals surface area contributed by atoms with Crippen molar-refractivity contribution in [2.75, 3.05) is 11.9 Å². The molecule has 7 heteroatoms. The Kier molecular flexibility index (Phi) is 6.74. The van der Waals surface area contributed by atoms with Crippen molar-refractivity contribution in [2.45, 2.75) is 25.8 Å². The van der Waals surface area contributed by atoms with Gasteiger partial charge in [-0.05, 0) is 34.6 Å². The molecule has 3 aromatic rings. The van der Waals surface area contributed by atoms with Crippen LogP contribution in [0.2, 0.25) is 0 Å². The fourth-order valence-corrected chi connectivity index (χ4v) is 3.87. The highest BCUT2D eigenvalue weighted by Gasteiger charge is 2.18. The minimum Gasteiger partial charge on any atom is -0.319 e. The highest BCUT2D eigenvalue weighted by Crippen LogP contribution is 2.28. The van der Waals surface area contributed by atoms with Gasteiger partial charge in [-0.3, -0.25) is 20.2 Å². The Balaban J connectivity index is 1.72. The molecule has 29 heavy (non-hydrogen) atoms. The van der Waals surface area contributed by atoms with Gasteiger partial charge in [0.15, 0.2) is 0 Å². The molecule has 1 heterocycles. The summed E-state index contributed by atoms with van der Waals surface area (Å²) < 4.78 is 0. The average Bonchev–Trinajstić information content (AvgIpc) is 3.23. The molecule has 0 saturated carbocycles. The molecule has 0 unspecified atom stereocenters. The molecule has 1 amide bonds. The van der Waals surface area contributed by atoms with E-state index in [0.717, 1.165) is 10.4 Å². The molecule has 0 aliphatic carbocycles. The van der Waals surface area contributed by atoms with Gasteiger partial charge in [-0.1, -0.05) is 56.3 Å². The molecule has 0 fully saturated rings. The van der Waals surface area contributed by atoms with Crippen LogP contribution in [0.3, 0.4) is 0 Å². The number of rotatable bonds is 8. The Morgan fingerprint density at radius 3 is 2.34 bits per heavy atom. The first-order chi connectivity index (χ1) is 14.0. The van der Waals surface area contributed by atoms with E-state index in [1.807, 2.05) is 17.5 Å². The fourth-order valence-electron chi connectivity index (χ4n) is 3.04. The van der Waals surface area contributed by atoms with Crippen LogP contribution in [0.5, 0.6) is 0 Å². The van der Waals surface area contributed by atoms with Crippen LogP contribution in [0, 0.1) is 10.1 Å². The van der Waals surface area contributed by atoms with Gasteiger partial charge in [0.1, 0.15) is 5.69 Å². The molecule has 1 aromatic heterocycles. The number of nitro benzene ring substituents is 1. The quantitative estimate of drug-likeness (QED) is 0.400. The maximum atomic E-state index is 12.4. The number of carbonyl (C=O) groups excluding carboxylic acids is 1. The molecule has 0 saturated heterocycles. The molecule has 0 aliphatic heterocycles. The van der Waals surface area contributed by atoms with E-state index in [1.54, 1.807) is 23.5 Å². The van der Waals surface area contributed by atoms with Gasteiger partial charge in [-0.2, -0.15) is 0 Å². The molecule has 6 nitrogen and oxygen atoms in total. The van der Waals surface area contributed by atoms with E-state index < -0.39 is 4.92 Å². The number of anilines is 1. The maximum Gasteiger partial charge on any atom is 0.292 e. The molecule has 0 bridgehead atoms. The third-order valence-corrected chi connectivity index (χ3v) is 5.54. The number of amides is 1. The largest absolute Gasteiger partial charge is 0.319 e. The van der Waals surface area contributed by atoms with Gasteiger partial charge in [0, 0.05) is 10.9 Å². The van der Waals surface area contributed by atoms with E-state index in [4.69, 9.17) is 0 Å². The lowest BCUT2D eigenvalue weighted by Gasteiger charge is -2.19. The second kappa shape index (κ2) is 9.45. The molecular formula is C22H23N3O3S. The van der Waals surface area contributed by atoms with Crippen molar-refractivity contribution in [1.29, 1.82) is 0 Å². The normalized spacial score (nSPS) is 12.0. The Morgan fingerprint density at radius 1 is 1.03 bits per heavy atom. The number of thiophene rings is 1. The van der Waals surface area contributed by atoms with Gasteiger partial charge in [0.05, 0.1) is 17.5 Å². The Morgan fingerprint density at radius 2 is 1.72 bits per heavy atom. The third kappa shape index (κ3) is 5.28. The molecule has 0 radical (unpaired) electrons. The van der Waals surface area contributed by atoms with E-state index in [9.17, 15) is 14.9 Å². The monoisotopic (exact) mass is 409 g/mol. The standard InChI is InChI=1S/C22H23N3O3S/c1-15(2)16-9-11-17(12-10-16)22(20-8-5-13-29-20)23-14-21(26)24-18-6-3-4-7-19(18)25(27)28/h3-13,15,22-23H,14H2,1-2H3,(H,24,26)/t22-/m1/s1. The number of nitrogens with one attached hydrogen (secondary N) is 2. The number of para-hydroxylation sites is 2. The number of benzene rings is 2. The first-order valence-corrected chi connectivity index (χ1v) is 10.2. The van der Waals surface area contributed by atoms with E-state index in [0.29, 0.717) is 5.92 Å². The summed E-state index contributed by atoms with van der Waals surface area (Å²) in [5, 5.41) is 19.0. The molecular weight excluding hydrogens is 386 g/mol. The van der Waals surface area contributed by atoms with Gasteiger partial charge in [0.25, 0.3) is 5.69 Å². The van der Waals surface area contributed by atoms with Crippen LogP contribution in [-0.4, -0.2) is 17.4 Å². The number of nitro groups is 1. The minimum absolute atomic E-state index is 0.0283. The molecule has 2 N–H and O–H groups in total. The summed E-state index contributed by atoms with van der Waals surface area (Å²) in [5.74, 6) is 0.115. The Bertz CT molecular complexity index is 969. The predicted octanol–water partition coefficient (Wildman–Crippen LogP) is 5.10. The maximum absolute atomic E-state index is 12.4. The van der Waals surface area contributed by atoms with Gasteiger partial charge in [0.2, 0.25) is 5.91 Å². The Labute approximate surface area is 173 Å². The van der Waals surface area contributed by atoms with Crippen molar-refractivity contribution >= 4 is 28.6 Å². The van der Waals surface area contributed by atoms with Crippen LogP contribution in [0.1, 0.15) is 41.8 Å². The molecule has 0 aliphatic rings. The summed E-state index contributed by atoms with van der Waals surface area (Å²) in [6.45, 7) is 4.33. The first-order valence-electron chi connectivity index (χ1n) is 9.35. The van der Waals surface area contributed by atoms with Crippen molar-refractivity contribution in [3.05, 3.63) is 92.2 Å². The number of hydrogen-bond donors (Lipinski definition) is 2. The highest BCUT2D eigenvalue weighted by molar-refractivity contribution is 7.10. The van der Waals surface area contributed by atoms with Crippen LogP contribution >= 0.6 is 11.3 Å². The van der Waals surface area contributed by atoms with Gasteiger partial charge in [-0.25, -0.2) is 0 Å². The Hall–Kier alpha value is -3.03. The van der Waals surface area contributed by atoms with Crippen molar-refractivity contribution < 1.29 is 9.72 Å². The predicted molar refractivity (Wildman–Crippen MR) is 116 cm³/mol. The molecule has 2 aromatic carbocycles. The average molecular weight is 410 g/mol. The second-order valence-electron chi connectivity index (χ2n) is 6.97. The van der Waals surface area contributed by atoms with Crippen molar-refractivity contribution in [1.82, 2.24) is 5.32 Å². The van der Waals surface area contributed by atoms with E-state index in [2.05, 4.69) is 48.7 Å². The van der Waals surface area contributed by atoms with E-state index in [1.165, 1.54) is 17.7 Å². The highest BCUT2D eigenvalue weighted by atomic mass is 32.1.